The number of cyclic esters (lactones) is 2. The third-order valence-corrected chi connectivity index (χ3v) is 3.67. The quantitative estimate of drug-likeness (QED) is 0.265. The van der Waals surface area contributed by atoms with Gasteiger partial charge in [-0.1, -0.05) is 38.3 Å². The number of esters is 2. The molecule has 0 radical (unpaired) electrons. The number of rotatable bonds is 10. The number of carbonyl (C=O) groups is 3. The Labute approximate surface area is 138 Å². The molecule has 0 unspecified atom stereocenters. The molecule has 5 nitrogen and oxygen atoms in total. The van der Waals surface area contributed by atoms with Crippen molar-refractivity contribution in [3.8, 4) is 0 Å². The van der Waals surface area contributed by atoms with Crippen LogP contribution in [-0.2, 0) is 23.9 Å². The van der Waals surface area contributed by atoms with Crippen molar-refractivity contribution in [1.29, 1.82) is 0 Å². The van der Waals surface area contributed by atoms with Crippen molar-refractivity contribution >= 4 is 17.7 Å². The summed E-state index contributed by atoms with van der Waals surface area (Å²) in [5.74, 6) is -4.73. The smallest absolute Gasteiger partial charge is 0.331 e. The monoisotopic (exact) mass is 324 g/mol. The third-order valence-electron chi connectivity index (χ3n) is 3.67. The van der Waals surface area contributed by atoms with E-state index in [2.05, 4.69) is 19.1 Å². The summed E-state index contributed by atoms with van der Waals surface area (Å²) in [7, 11) is 0. The summed E-state index contributed by atoms with van der Waals surface area (Å²) in [5, 5.41) is 0. The highest BCUT2D eigenvalue weighted by atomic mass is 16.7. The second-order valence-corrected chi connectivity index (χ2v) is 6.35. The summed E-state index contributed by atoms with van der Waals surface area (Å²) in [5.41, 5.74) is 0. The van der Waals surface area contributed by atoms with Crippen LogP contribution in [0.25, 0.3) is 0 Å². The van der Waals surface area contributed by atoms with Gasteiger partial charge in [0.25, 0.3) is 5.79 Å². The van der Waals surface area contributed by atoms with Crippen molar-refractivity contribution < 1.29 is 23.9 Å². The summed E-state index contributed by atoms with van der Waals surface area (Å²) in [6, 6.07) is 0. The largest absolute Gasteiger partial charge is 0.422 e. The summed E-state index contributed by atoms with van der Waals surface area (Å²) >= 11 is 0. The van der Waals surface area contributed by atoms with Crippen LogP contribution in [0.5, 0.6) is 0 Å². The predicted octanol–water partition coefficient (Wildman–Crippen LogP) is 3.70. The second-order valence-electron chi connectivity index (χ2n) is 6.35. The first-order valence-corrected chi connectivity index (χ1v) is 8.51. The van der Waals surface area contributed by atoms with E-state index in [1.807, 2.05) is 0 Å². The van der Waals surface area contributed by atoms with E-state index >= 15 is 0 Å². The maximum Gasteiger partial charge on any atom is 0.331 e. The van der Waals surface area contributed by atoms with Gasteiger partial charge in [0.05, 0.1) is 0 Å². The van der Waals surface area contributed by atoms with E-state index in [0.29, 0.717) is 6.42 Å². The van der Waals surface area contributed by atoms with Crippen LogP contribution in [-0.4, -0.2) is 23.5 Å². The van der Waals surface area contributed by atoms with Gasteiger partial charge >= 0.3 is 11.9 Å². The fourth-order valence-electron chi connectivity index (χ4n) is 2.45. The molecule has 1 aliphatic rings. The van der Waals surface area contributed by atoms with Gasteiger partial charge in [-0.3, -0.25) is 14.4 Å². The molecule has 1 rings (SSSR count). The normalized spacial score (nSPS) is 18.0. The minimum Gasteiger partial charge on any atom is -0.422 e. The van der Waals surface area contributed by atoms with Crippen LogP contribution in [0.15, 0.2) is 12.2 Å². The highest BCUT2D eigenvalue weighted by Gasteiger charge is 2.46. The summed E-state index contributed by atoms with van der Waals surface area (Å²) in [4.78, 5) is 35.5. The van der Waals surface area contributed by atoms with Gasteiger partial charge in [0.2, 0.25) is 5.92 Å². The first-order valence-electron chi connectivity index (χ1n) is 8.51. The van der Waals surface area contributed by atoms with Crippen LogP contribution >= 0.6 is 0 Å². The van der Waals surface area contributed by atoms with Crippen LogP contribution in [0.3, 0.4) is 0 Å². The van der Waals surface area contributed by atoms with Gasteiger partial charge in [0, 0.05) is 20.3 Å². The zero-order chi connectivity index (χ0) is 17.3. The highest BCUT2D eigenvalue weighted by Crippen LogP contribution is 2.24. The van der Waals surface area contributed by atoms with E-state index < -0.39 is 29.4 Å². The van der Waals surface area contributed by atoms with Gasteiger partial charge in [-0.25, -0.2) is 0 Å². The van der Waals surface area contributed by atoms with Gasteiger partial charge in [-0.15, -0.1) is 0 Å². The lowest BCUT2D eigenvalue weighted by Crippen LogP contribution is -2.49. The number of hydrogen-bond acceptors (Lipinski definition) is 5. The SMILES string of the molecule is CCCCCC/C=C\CCCC(=O)C1C(=O)OC(C)(C)OC1=O. The minimum atomic E-state index is -1.42. The molecule has 0 aromatic rings. The Balaban J connectivity index is 2.25. The van der Waals surface area contributed by atoms with Crippen LogP contribution < -0.4 is 0 Å². The van der Waals surface area contributed by atoms with Crippen molar-refractivity contribution in [1.82, 2.24) is 0 Å². The molecule has 0 spiro atoms. The summed E-state index contributed by atoms with van der Waals surface area (Å²) in [6.07, 6.45) is 11.8. The molecule has 0 aromatic heterocycles. The van der Waals surface area contributed by atoms with Gasteiger partial charge in [0.15, 0.2) is 5.78 Å². The van der Waals surface area contributed by atoms with Crippen LogP contribution in [0.4, 0.5) is 0 Å². The Morgan fingerprint density at radius 3 is 2.13 bits per heavy atom. The number of unbranched alkanes of at least 4 members (excludes halogenated alkanes) is 5. The predicted molar refractivity (Wildman–Crippen MR) is 86.5 cm³/mol. The molecule has 1 saturated heterocycles. The van der Waals surface area contributed by atoms with Crippen molar-refractivity contribution in [3.63, 3.8) is 0 Å². The summed E-state index contributed by atoms with van der Waals surface area (Å²) < 4.78 is 9.91. The lowest BCUT2D eigenvalue weighted by atomic mass is 9.98. The zero-order valence-electron chi connectivity index (χ0n) is 14.4. The summed E-state index contributed by atoms with van der Waals surface area (Å²) in [6.45, 7) is 5.12. The molecule has 0 amide bonds. The molecule has 130 valence electrons. The molecular formula is C18H28O5. The van der Waals surface area contributed by atoms with Crippen molar-refractivity contribution in [2.24, 2.45) is 5.92 Å². The Bertz CT molecular complexity index is 430. The van der Waals surface area contributed by atoms with E-state index in [9.17, 15) is 14.4 Å². The van der Waals surface area contributed by atoms with E-state index in [1.165, 1.54) is 39.5 Å². The first kappa shape index (κ1) is 19.4. The van der Waals surface area contributed by atoms with E-state index in [-0.39, 0.29) is 6.42 Å². The number of Topliss-reactive ketones (excluding diaryl/α,β-unsaturated/α-hetero) is 1. The molecule has 1 aliphatic heterocycles. The molecule has 0 saturated carbocycles. The van der Waals surface area contributed by atoms with E-state index in [0.717, 1.165) is 12.8 Å². The molecule has 23 heavy (non-hydrogen) atoms. The Morgan fingerprint density at radius 1 is 1.00 bits per heavy atom. The molecule has 0 bridgehead atoms. The molecule has 0 atom stereocenters. The second kappa shape index (κ2) is 9.48. The average molecular weight is 324 g/mol. The third kappa shape index (κ3) is 6.97. The van der Waals surface area contributed by atoms with Crippen molar-refractivity contribution in [3.05, 3.63) is 12.2 Å². The maximum atomic E-state index is 12.0. The van der Waals surface area contributed by atoms with Crippen LogP contribution in [0.1, 0.15) is 72.1 Å². The average Bonchev–Trinajstić information content (AvgIpc) is 2.43. The molecule has 0 aromatic carbocycles. The fraction of sp³-hybridized carbons (Fsp3) is 0.722. The zero-order valence-corrected chi connectivity index (χ0v) is 14.4. The molecule has 1 fully saturated rings. The lowest BCUT2D eigenvalue weighted by molar-refractivity contribution is -0.238. The Kier molecular flexibility index (Phi) is 8.00. The van der Waals surface area contributed by atoms with Gasteiger partial charge in [-0.05, 0) is 25.7 Å². The molecule has 0 aliphatic carbocycles. The van der Waals surface area contributed by atoms with Crippen LogP contribution in [0.2, 0.25) is 0 Å². The van der Waals surface area contributed by atoms with Gasteiger partial charge < -0.3 is 9.47 Å². The molecule has 0 N–H and O–H groups in total. The van der Waals surface area contributed by atoms with Gasteiger partial charge in [0.1, 0.15) is 0 Å². The topological polar surface area (TPSA) is 69.7 Å². The Hall–Kier alpha value is -1.65. The van der Waals surface area contributed by atoms with Gasteiger partial charge in [-0.2, -0.15) is 0 Å². The maximum absolute atomic E-state index is 12.0. The van der Waals surface area contributed by atoms with Crippen molar-refractivity contribution in [2.75, 3.05) is 0 Å². The minimum absolute atomic E-state index is 0.176. The highest BCUT2D eigenvalue weighted by molar-refractivity contribution is 6.15. The first-order chi connectivity index (χ1) is 10.9. The molecular weight excluding hydrogens is 296 g/mol. The number of ketones is 1. The number of hydrogen-bond donors (Lipinski definition) is 0. The molecule has 5 heteroatoms. The fourth-order valence-corrected chi connectivity index (χ4v) is 2.45. The number of carbonyl (C=O) groups excluding carboxylic acids is 3. The van der Waals surface area contributed by atoms with Crippen LogP contribution in [0, 0.1) is 5.92 Å². The van der Waals surface area contributed by atoms with Crippen molar-refractivity contribution in [2.45, 2.75) is 77.9 Å². The lowest BCUT2D eigenvalue weighted by Gasteiger charge is -2.32. The molecule has 1 heterocycles. The standard InChI is InChI=1S/C18H28O5/c1-4-5-6-7-8-9-10-11-12-13-14(19)15-16(20)22-18(2,3)23-17(15)21/h9-10,15H,4-8,11-13H2,1-3H3/b10-9-. The number of allylic oxidation sites excluding steroid dienone is 2. The van der Waals surface area contributed by atoms with E-state index in [4.69, 9.17) is 9.47 Å². The van der Waals surface area contributed by atoms with E-state index in [1.54, 1.807) is 0 Å². The Morgan fingerprint density at radius 2 is 1.57 bits per heavy atom. The number of ether oxygens (including phenoxy) is 2.